The van der Waals surface area contributed by atoms with Gasteiger partial charge in [0.2, 0.25) is 0 Å². The Morgan fingerprint density at radius 1 is 1.40 bits per heavy atom. The number of sulfone groups is 1. The molecule has 0 aliphatic carbocycles. The average molecular weight is 338 g/mol. The topological polar surface area (TPSA) is 55.4 Å². The van der Waals surface area contributed by atoms with E-state index in [4.69, 9.17) is 16.3 Å². The molecular weight excluding hydrogens is 318 g/mol. The van der Waals surface area contributed by atoms with Gasteiger partial charge in [-0.05, 0) is 23.8 Å². The Balaban J connectivity index is 2.60. The van der Waals surface area contributed by atoms with Crippen molar-refractivity contribution in [3.05, 3.63) is 28.8 Å². The molecule has 0 aromatic heterocycles. The fourth-order valence-corrected chi connectivity index (χ4v) is 3.97. The lowest BCUT2D eigenvalue weighted by molar-refractivity contribution is 0.199. The molecule has 0 radical (unpaired) electrons. The summed E-state index contributed by atoms with van der Waals surface area (Å²) in [5, 5.41) is 3.94. The monoisotopic (exact) mass is 337 g/mol. The number of thioether (sulfide) groups is 1. The maximum absolute atomic E-state index is 11.1. The van der Waals surface area contributed by atoms with Crippen molar-refractivity contribution in [3.63, 3.8) is 0 Å². The van der Waals surface area contributed by atoms with Gasteiger partial charge in [0.25, 0.3) is 0 Å². The predicted octanol–water partition coefficient (Wildman–Crippen LogP) is 2.21. The van der Waals surface area contributed by atoms with Crippen LogP contribution in [0.2, 0.25) is 5.02 Å². The predicted molar refractivity (Wildman–Crippen MR) is 85.5 cm³/mol. The minimum Gasteiger partial charge on any atom is -0.383 e. The lowest BCUT2D eigenvalue weighted by Gasteiger charge is -2.10. The van der Waals surface area contributed by atoms with Crippen molar-refractivity contribution < 1.29 is 13.2 Å². The standard InChI is InChI=1S/C13H20ClNO3S2/c1-18-6-5-15-10-11-9-12(14)3-4-13(11)19-7-8-20(2,16)17/h3-4,9,15H,5-8,10H2,1-2H3. The third-order valence-electron chi connectivity index (χ3n) is 2.53. The van der Waals surface area contributed by atoms with Gasteiger partial charge in [-0.2, -0.15) is 0 Å². The first kappa shape index (κ1) is 17.8. The van der Waals surface area contributed by atoms with Gasteiger partial charge in [0, 0.05) is 42.1 Å². The Hall–Kier alpha value is -0.270. The molecule has 0 saturated carbocycles. The van der Waals surface area contributed by atoms with Crippen LogP contribution < -0.4 is 5.32 Å². The quantitative estimate of drug-likeness (QED) is 0.553. The summed E-state index contributed by atoms with van der Waals surface area (Å²) in [6.07, 6.45) is 1.25. The molecule has 0 heterocycles. The zero-order chi connectivity index (χ0) is 15.0. The smallest absolute Gasteiger partial charge is 0.148 e. The van der Waals surface area contributed by atoms with Crippen molar-refractivity contribution >= 4 is 33.2 Å². The molecule has 0 amide bonds. The molecule has 0 aliphatic heterocycles. The van der Waals surface area contributed by atoms with Gasteiger partial charge in [0.15, 0.2) is 0 Å². The van der Waals surface area contributed by atoms with E-state index in [0.717, 1.165) is 17.0 Å². The summed E-state index contributed by atoms with van der Waals surface area (Å²) < 4.78 is 27.3. The zero-order valence-corrected chi connectivity index (χ0v) is 14.1. The van der Waals surface area contributed by atoms with Gasteiger partial charge in [-0.15, -0.1) is 11.8 Å². The van der Waals surface area contributed by atoms with Gasteiger partial charge in [-0.1, -0.05) is 11.6 Å². The van der Waals surface area contributed by atoms with E-state index in [9.17, 15) is 8.42 Å². The molecule has 0 spiro atoms. The highest BCUT2D eigenvalue weighted by molar-refractivity contribution is 8.00. The lowest BCUT2D eigenvalue weighted by atomic mass is 10.2. The summed E-state index contributed by atoms with van der Waals surface area (Å²) >= 11 is 7.54. The van der Waals surface area contributed by atoms with Crippen LogP contribution in [0.5, 0.6) is 0 Å². The Bertz CT molecular complexity index is 520. The largest absolute Gasteiger partial charge is 0.383 e. The van der Waals surface area contributed by atoms with Crippen LogP contribution in [-0.2, 0) is 21.1 Å². The van der Waals surface area contributed by atoms with Crippen LogP contribution in [-0.4, -0.2) is 46.4 Å². The van der Waals surface area contributed by atoms with Gasteiger partial charge in [-0.3, -0.25) is 0 Å². The van der Waals surface area contributed by atoms with Crippen LogP contribution in [0.15, 0.2) is 23.1 Å². The molecule has 7 heteroatoms. The fraction of sp³-hybridized carbons (Fsp3) is 0.538. The van der Waals surface area contributed by atoms with Crippen LogP contribution in [0.1, 0.15) is 5.56 Å². The second-order valence-electron chi connectivity index (χ2n) is 4.40. The van der Waals surface area contributed by atoms with Crippen LogP contribution in [0.3, 0.4) is 0 Å². The highest BCUT2D eigenvalue weighted by Gasteiger charge is 2.07. The number of nitrogens with one attached hydrogen (secondary N) is 1. The number of hydrogen-bond donors (Lipinski definition) is 1. The van der Waals surface area contributed by atoms with Gasteiger partial charge in [0.1, 0.15) is 9.84 Å². The van der Waals surface area contributed by atoms with Crippen molar-refractivity contribution in [2.75, 3.05) is 38.0 Å². The first-order chi connectivity index (χ1) is 9.42. The second-order valence-corrected chi connectivity index (χ2v) is 8.23. The van der Waals surface area contributed by atoms with E-state index in [2.05, 4.69) is 5.32 Å². The summed E-state index contributed by atoms with van der Waals surface area (Å²) in [4.78, 5) is 1.06. The van der Waals surface area contributed by atoms with Crippen molar-refractivity contribution in [3.8, 4) is 0 Å². The fourth-order valence-electron chi connectivity index (χ4n) is 1.53. The molecule has 114 valence electrons. The van der Waals surface area contributed by atoms with Gasteiger partial charge < -0.3 is 10.1 Å². The Labute approximate surface area is 130 Å². The molecule has 0 fully saturated rings. The molecule has 0 unspecified atom stereocenters. The Morgan fingerprint density at radius 3 is 2.80 bits per heavy atom. The molecule has 4 nitrogen and oxygen atoms in total. The van der Waals surface area contributed by atoms with E-state index < -0.39 is 9.84 Å². The van der Waals surface area contributed by atoms with Gasteiger partial charge >= 0.3 is 0 Å². The van der Waals surface area contributed by atoms with Gasteiger partial charge in [0.05, 0.1) is 12.4 Å². The van der Waals surface area contributed by atoms with Crippen LogP contribution in [0.25, 0.3) is 0 Å². The molecule has 0 atom stereocenters. The molecule has 0 bridgehead atoms. The van der Waals surface area contributed by atoms with Crippen molar-refractivity contribution in [1.29, 1.82) is 0 Å². The maximum atomic E-state index is 11.1. The van der Waals surface area contributed by atoms with Crippen molar-refractivity contribution in [1.82, 2.24) is 5.32 Å². The molecule has 1 N–H and O–H groups in total. The van der Waals surface area contributed by atoms with E-state index in [0.29, 0.717) is 23.9 Å². The molecule has 1 aromatic carbocycles. The average Bonchev–Trinajstić information content (AvgIpc) is 2.35. The first-order valence-corrected chi connectivity index (χ1v) is 9.63. The summed E-state index contributed by atoms with van der Waals surface area (Å²) in [6.45, 7) is 2.10. The van der Waals surface area contributed by atoms with Gasteiger partial charge in [-0.25, -0.2) is 8.42 Å². The lowest BCUT2D eigenvalue weighted by Crippen LogP contribution is -2.19. The highest BCUT2D eigenvalue weighted by atomic mass is 35.5. The second kappa shape index (κ2) is 8.89. The summed E-state index contributed by atoms with van der Waals surface area (Å²) in [7, 11) is -1.26. The molecule has 1 rings (SSSR count). The summed E-state index contributed by atoms with van der Waals surface area (Å²) in [5.74, 6) is 0.725. The normalized spacial score (nSPS) is 11.8. The number of benzene rings is 1. The van der Waals surface area contributed by atoms with E-state index in [1.807, 2.05) is 18.2 Å². The number of methoxy groups -OCH3 is 1. The molecular formula is C13H20ClNO3S2. The summed E-state index contributed by atoms with van der Waals surface area (Å²) in [6, 6.07) is 5.66. The number of halogens is 1. The van der Waals surface area contributed by atoms with E-state index in [1.54, 1.807) is 7.11 Å². The molecule has 0 saturated heterocycles. The zero-order valence-electron chi connectivity index (χ0n) is 11.7. The minimum absolute atomic E-state index is 0.177. The van der Waals surface area contributed by atoms with Crippen molar-refractivity contribution in [2.45, 2.75) is 11.4 Å². The van der Waals surface area contributed by atoms with Crippen molar-refractivity contribution in [2.24, 2.45) is 0 Å². The Kier molecular flexibility index (Phi) is 7.91. The minimum atomic E-state index is -2.92. The number of rotatable bonds is 9. The van der Waals surface area contributed by atoms with E-state index in [1.165, 1.54) is 18.0 Å². The van der Waals surface area contributed by atoms with Crippen LogP contribution >= 0.6 is 23.4 Å². The third kappa shape index (κ3) is 7.50. The molecule has 0 aliphatic rings. The summed E-state index contributed by atoms with van der Waals surface area (Å²) in [5.41, 5.74) is 1.08. The van der Waals surface area contributed by atoms with E-state index in [-0.39, 0.29) is 5.75 Å². The Morgan fingerprint density at radius 2 is 2.15 bits per heavy atom. The molecule has 1 aromatic rings. The van der Waals surface area contributed by atoms with Crippen LogP contribution in [0, 0.1) is 0 Å². The first-order valence-electron chi connectivity index (χ1n) is 6.21. The van der Waals surface area contributed by atoms with Crippen LogP contribution in [0.4, 0.5) is 0 Å². The third-order valence-corrected chi connectivity index (χ3v) is 5.09. The SMILES string of the molecule is COCCNCc1cc(Cl)ccc1SCCS(C)(=O)=O. The highest BCUT2D eigenvalue weighted by Crippen LogP contribution is 2.26. The number of ether oxygens (including phenoxy) is 1. The number of hydrogen-bond acceptors (Lipinski definition) is 5. The molecule has 20 heavy (non-hydrogen) atoms. The van der Waals surface area contributed by atoms with E-state index >= 15 is 0 Å². The maximum Gasteiger partial charge on any atom is 0.148 e.